The third-order valence-corrected chi connectivity index (χ3v) is 4.96. The van der Waals surface area contributed by atoms with Crippen molar-refractivity contribution in [1.82, 2.24) is 10.3 Å². The molecule has 0 radical (unpaired) electrons. The molecule has 2 N–H and O–H groups in total. The van der Waals surface area contributed by atoms with Gasteiger partial charge in [-0.25, -0.2) is 4.98 Å². The first-order valence-corrected chi connectivity index (χ1v) is 9.59. The first-order valence-electron chi connectivity index (χ1n) is 8.34. The number of nitrogens with zero attached hydrogens (tertiary/aromatic N) is 1. The Morgan fingerprint density at radius 3 is 2.56 bits per heavy atom. The predicted molar refractivity (Wildman–Crippen MR) is 109 cm³/mol. The van der Waals surface area contributed by atoms with E-state index in [1.165, 1.54) is 11.3 Å². The highest BCUT2D eigenvalue weighted by molar-refractivity contribution is 7.14. The summed E-state index contributed by atoms with van der Waals surface area (Å²) in [4.78, 5) is 28.5. The number of carbonyl (C=O) groups excluding carboxylic acids is 2. The van der Waals surface area contributed by atoms with Crippen LogP contribution in [-0.4, -0.2) is 23.3 Å². The number of hydrogen-bond donors (Lipinski definition) is 2. The summed E-state index contributed by atoms with van der Waals surface area (Å²) in [6, 6.07) is 15.0. The Bertz CT molecular complexity index is 954. The molecule has 7 heteroatoms. The van der Waals surface area contributed by atoms with Gasteiger partial charge in [-0.15, -0.1) is 11.3 Å². The molecule has 138 valence electrons. The lowest BCUT2D eigenvalue weighted by Crippen LogP contribution is -2.33. The quantitative estimate of drug-likeness (QED) is 0.656. The summed E-state index contributed by atoms with van der Waals surface area (Å²) in [7, 11) is 0. The van der Waals surface area contributed by atoms with Gasteiger partial charge in [-0.1, -0.05) is 48.0 Å². The van der Waals surface area contributed by atoms with Gasteiger partial charge < -0.3 is 10.6 Å². The second-order valence-corrected chi connectivity index (χ2v) is 7.27. The van der Waals surface area contributed by atoms with E-state index in [0.717, 1.165) is 22.4 Å². The molecule has 27 heavy (non-hydrogen) atoms. The molecule has 1 aromatic heterocycles. The van der Waals surface area contributed by atoms with Crippen LogP contribution in [0.15, 0.2) is 53.9 Å². The van der Waals surface area contributed by atoms with Gasteiger partial charge in [0.25, 0.3) is 0 Å². The maximum Gasteiger partial charge on any atom is 0.245 e. The summed E-state index contributed by atoms with van der Waals surface area (Å²) in [5, 5.41) is 8.33. The van der Waals surface area contributed by atoms with Gasteiger partial charge in [0, 0.05) is 16.0 Å². The van der Waals surface area contributed by atoms with Gasteiger partial charge in [-0.05, 0) is 30.2 Å². The van der Waals surface area contributed by atoms with E-state index in [1.807, 2.05) is 48.7 Å². The Morgan fingerprint density at radius 2 is 1.81 bits per heavy atom. The van der Waals surface area contributed by atoms with Gasteiger partial charge in [0.05, 0.1) is 18.7 Å². The molecule has 0 fully saturated rings. The second-order valence-electron chi connectivity index (χ2n) is 5.97. The molecule has 0 saturated heterocycles. The number of benzene rings is 2. The Hall–Kier alpha value is -2.70. The minimum atomic E-state index is -0.315. The molecule has 0 aliphatic heterocycles. The maximum absolute atomic E-state index is 12.1. The van der Waals surface area contributed by atoms with Crippen LogP contribution in [0.4, 0.5) is 5.13 Å². The smallest absolute Gasteiger partial charge is 0.245 e. The zero-order valence-electron chi connectivity index (χ0n) is 14.7. The maximum atomic E-state index is 12.1. The lowest BCUT2D eigenvalue weighted by Gasteiger charge is -2.07. The molecule has 2 aromatic carbocycles. The first kappa shape index (κ1) is 19.1. The molecule has 1 heterocycles. The topological polar surface area (TPSA) is 71.1 Å². The van der Waals surface area contributed by atoms with Crippen molar-refractivity contribution in [3.63, 3.8) is 0 Å². The summed E-state index contributed by atoms with van der Waals surface area (Å²) in [5.74, 6) is -0.509. The third kappa shape index (κ3) is 5.39. The molecule has 0 aliphatic carbocycles. The number of hydrogen-bond acceptors (Lipinski definition) is 4. The molecule has 3 aromatic rings. The molecule has 0 unspecified atom stereocenters. The largest absolute Gasteiger partial charge is 0.347 e. The van der Waals surface area contributed by atoms with Gasteiger partial charge in [-0.3, -0.25) is 9.59 Å². The van der Waals surface area contributed by atoms with Crippen molar-refractivity contribution in [3.05, 3.63) is 70.1 Å². The lowest BCUT2D eigenvalue weighted by molar-refractivity contribution is -0.123. The number of nitrogens with one attached hydrogen (secondary N) is 2. The Labute approximate surface area is 166 Å². The van der Waals surface area contributed by atoms with Gasteiger partial charge in [0.2, 0.25) is 11.8 Å². The molecule has 5 nitrogen and oxygen atoms in total. The van der Waals surface area contributed by atoms with Crippen molar-refractivity contribution >= 4 is 39.9 Å². The van der Waals surface area contributed by atoms with Crippen LogP contribution in [0.3, 0.4) is 0 Å². The predicted octanol–water partition coefficient (Wildman–Crippen LogP) is 4.07. The number of aromatic nitrogens is 1. The molecule has 2 amide bonds. The monoisotopic (exact) mass is 399 g/mol. The highest BCUT2D eigenvalue weighted by Crippen LogP contribution is 2.25. The molecular weight excluding hydrogens is 382 g/mol. The van der Waals surface area contributed by atoms with Crippen LogP contribution in [0, 0.1) is 6.92 Å². The minimum absolute atomic E-state index is 0.0967. The number of halogens is 1. The first-order chi connectivity index (χ1) is 13.0. The lowest BCUT2D eigenvalue weighted by atomic mass is 10.1. The number of carbonyl (C=O) groups is 2. The molecule has 0 atom stereocenters. The zero-order valence-corrected chi connectivity index (χ0v) is 16.2. The van der Waals surface area contributed by atoms with Crippen molar-refractivity contribution in [2.24, 2.45) is 0 Å². The van der Waals surface area contributed by atoms with Gasteiger partial charge in [0.1, 0.15) is 0 Å². The van der Waals surface area contributed by atoms with Gasteiger partial charge in [-0.2, -0.15) is 0 Å². The van der Waals surface area contributed by atoms with E-state index in [1.54, 1.807) is 12.1 Å². The van der Waals surface area contributed by atoms with Crippen LogP contribution in [0.5, 0.6) is 0 Å². The highest BCUT2D eigenvalue weighted by Gasteiger charge is 2.10. The summed E-state index contributed by atoms with van der Waals surface area (Å²) < 4.78 is 0. The number of anilines is 1. The Morgan fingerprint density at radius 1 is 1.07 bits per heavy atom. The fraction of sp³-hybridized carbons (Fsp3) is 0.150. The summed E-state index contributed by atoms with van der Waals surface area (Å²) >= 11 is 7.21. The van der Waals surface area contributed by atoms with E-state index in [4.69, 9.17) is 11.6 Å². The van der Waals surface area contributed by atoms with Crippen LogP contribution in [0.1, 0.15) is 11.1 Å². The number of rotatable bonds is 6. The normalized spacial score (nSPS) is 10.4. The van der Waals surface area contributed by atoms with E-state index in [0.29, 0.717) is 10.2 Å². The fourth-order valence-corrected chi connectivity index (χ4v) is 3.33. The average molecular weight is 400 g/mol. The van der Waals surface area contributed by atoms with E-state index < -0.39 is 0 Å². The van der Waals surface area contributed by atoms with Crippen LogP contribution in [-0.2, 0) is 16.0 Å². The number of amides is 2. The molecule has 3 rings (SSSR count). The van der Waals surface area contributed by atoms with Gasteiger partial charge >= 0.3 is 0 Å². The van der Waals surface area contributed by atoms with Crippen molar-refractivity contribution < 1.29 is 9.59 Å². The summed E-state index contributed by atoms with van der Waals surface area (Å²) in [6.07, 6.45) is 0.248. The molecule has 0 spiro atoms. The Balaban J connectivity index is 1.50. The summed E-state index contributed by atoms with van der Waals surface area (Å²) in [6.45, 7) is 1.86. The van der Waals surface area contributed by atoms with E-state index in [2.05, 4.69) is 15.6 Å². The van der Waals surface area contributed by atoms with Gasteiger partial charge in [0.15, 0.2) is 5.13 Å². The number of thiazole rings is 1. The van der Waals surface area contributed by atoms with E-state index in [-0.39, 0.29) is 24.8 Å². The van der Waals surface area contributed by atoms with E-state index in [9.17, 15) is 9.59 Å². The second kappa shape index (κ2) is 8.79. The van der Waals surface area contributed by atoms with Crippen LogP contribution >= 0.6 is 22.9 Å². The average Bonchev–Trinajstić information content (AvgIpc) is 3.11. The van der Waals surface area contributed by atoms with Crippen molar-refractivity contribution in [3.8, 4) is 11.3 Å². The van der Waals surface area contributed by atoms with Crippen molar-refractivity contribution in [1.29, 1.82) is 0 Å². The third-order valence-electron chi connectivity index (χ3n) is 3.95. The molecule has 0 aliphatic rings. The van der Waals surface area contributed by atoms with Crippen molar-refractivity contribution in [2.75, 3.05) is 11.9 Å². The molecule has 0 bridgehead atoms. The van der Waals surface area contributed by atoms with Crippen LogP contribution < -0.4 is 10.6 Å². The highest BCUT2D eigenvalue weighted by atomic mass is 35.5. The Kier molecular flexibility index (Phi) is 6.21. The van der Waals surface area contributed by atoms with E-state index >= 15 is 0 Å². The standard InChI is InChI=1S/C20H18ClN3O2S/c1-13-4-2-3-5-15(13)10-18(25)22-11-19(26)24-20-23-17(12-27-20)14-6-8-16(21)9-7-14/h2-9,12H,10-11H2,1H3,(H,22,25)(H,23,24,26). The zero-order chi connectivity index (χ0) is 19.2. The van der Waals surface area contributed by atoms with Crippen LogP contribution in [0.2, 0.25) is 5.02 Å². The van der Waals surface area contributed by atoms with Crippen LogP contribution in [0.25, 0.3) is 11.3 Å². The SMILES string of the molecule is Cc1ccccc1CC(=O)NCC(=O)Nc1nc(-c2ccc(Cl)cc2)cs1. The molecule has 0 saturated carbocycles. The number of aryl methyl sites for hydroxylation is 1. The minimum Gasteiger partial charge on any atom is -0.347 e. The fourth-order valence-electron chi connectivity index (χ4n) is 2.47. The summed E-state index contributed by atoms with van der Waals surface area (Å²) in [5.41, 5.74) is 3.68. The van der Waals surface area contributed by atoms with Crippen molar-refractivity contribution in [2.45, 2.75) is 13.3 Å². The molecular formula is C20H18ClN3O2S.